The molecule has 0 spiro atoms. The third-order valence-electron chi connectivity index (χ3n) is 3.94. The Hall–Kier alpha value is -2.69. The lowest BCUT2D eigenvalue weighted by Gasteiger charge is -2.09. The highest BCUT2D eigenvalue weighted by atomic mass is 127. The molecular weight excluding hydrogens is 459 g/mol. The van der Waals surface area contributed by atoms with E-state index in [1.807, 2.05) is 11.6 Å². The Labute approximate surface area is 170 Å². The molecule has 140 valence electrons. The average Bonchev–Trinajstić information content (AvgIpc) is 3.20. The van der Waals surface area contributed by atoms with Crippen molar-refractivity contribution in [2.75, 3.05) is 10.6 Å². The topological polar surface area (TPSA) is 93.8 Å². The number of anilines is 2. The molecule has 2 N–H and O–H groups in total. The molecule has 0 aliphatic rings. The molecule has 0 unspecified atom stereocenters. The Morgan fingerprint density at radius 2 is 1.93 bits per heavy atom. The minimum atomic E-state index is -0.303. The first-order valence-electron chi connectivity index (χ1n) is 8.31. The maximum Gasteiger partial charge on any atom is 0.276 e. The summed E-state index contributed by atoms with van der Waals surface area (Å²) in [6.07, 6.45) is 3.79. The molecule has 3 rings (SSSR count). The van der Waals surface area contributed by atoms with Crippen LogP contribution in [0.15, 0.2) is 42.7 Å². The van der Waals surface area contributed by atoms with Crippen LogP contribution < -0.4 is 10.6 Å². The minimum Gasteiger partial charge on any atom is -0.326 e. The predicted octanol–water partition coefficient (Wildman–Crippen LogP) is 2.81. The number of halogens is 1. The van der Waals surface area contributed by atoms with Crippen molar-refractivity contribution >= 4 is 45.8 Å². The number of aryl methyl sites for hydroxylation is 2. The highest BCUT2D eigenvalue weighted by molar-refractivity contribution is 14.1. The zero-order valence-electron chi connectivity index (χ0n) is 14.9. The first-order valence-corrected chi connectivity index (χ1v) is 9.39. The normalized spacial score (nSPS) is 10.6. The lowest BCUT2D eigenvalue weighted by atomic mass is 10.2. The van der Waals surface area contributed by atoms with Gasteiger partial charge in [-0.05, 0) is 53.8 Å². The van der Waals surface area contributed by atoms with Crippen LogP contribution in [0.5, 0.6) is 0 Å². The molecule has 3 aromatic rings. The number of hydrogen-bond acceptors (Lipinski definition) is 4. The third kappa shape index (κ3) is 4.94. The summed E-state index contributed by atoms with van der Waals surface area (Å²) in [5, 5.41) is 13.9. The van der Waals surface area contributed by atoms with E-state index < -0.39 is 0 Å². The van der Waals surface area contributed by atoms with Gasteiger partial charge in [-0.1, -0.05) is 6.07 Å². The molecule has 2 heterocycles. The van der Waals surface area contributed by atoms with Crippen LogP contribution in [-0.4, -0.2) is 31.4 Å². The standard InChI is InChI=1S/C18H19IN6O2/c1-12-15(19)11-20-25(12)9-7-17(26)21-13-4-3-5-14(10-13)22-18(27)16-6-8-24(2)23-16/h3-6,8,10-11H,7,9H2,1-2H3,(H,21,26)(H,22,27). The van der Waals surface area contributed by atoms with Gasteiger partial charge in [0.2, 0.25) is 5.91 Å². The third-order valence-corrected chi connectivity index (χ3v) is 5.00. The van der Waals surface area contributed by atoms with Crippen molar-refractivity contribution in [3.63, 3.8) is 0 Å². The van der Waals surface area contributed by atoms with Gasteiger partial charge in [-0.3, -0.25) is 19.0 Å². The van der Waals surface area contributed by atoms with Crippen LogP contribution in [0.3, 0.4) is 0 Å². The number of benzene rings is 1. The second kappa shape index (κ2) is 8.33. The summed E-state index contributed by atoms with van der Waals surface area (Å²) in [6.45, 7) is 2.48. The van der Waals surface area contributed by atoms with E-state index in [4.69, 9.17) is 0 Å². The fraction of sp³-hybridized carbons (Fsp3) is 0.222. The van der Waals surface area contributed by atoms with E-state index in [2.05, 4.69) is 43.4 Å². The summed E-state index contributed by atoms with van der Waals surface area (Å²) >= 11 is 2.22. The zero-order chi connectivity index (χ0) is 19.4. The van der Waals surface area contributed by atoms with Crippen molar-refractivity contribution in [3.8, 4) is 0 Å². The van der Waals surface area contributed by atoms with E-state index in [-0.39, 0.29) is 11.8 Å². The van der Waals surface area contributed by atoms with Crippen molar-refractivity contribution < 1.29 is 9.59 Å². The van der Waals surface area contributed by atoms with E-state index in [1.165, 1.54) is 0 Å². The van der Waals surface area contributed by atoms with Crippen LogP contribution >= 0.6 is 22.6 Å². The summed E-state index contributed by atoms with van der Waals surface area (Å²) in [6, 6.07) is 8.64. The molecule has 0 saturated heterocycles. The quantitative estimate of drug-likeness (QED) is 0.533. The molecule has 0 bridgehead atoms. The average molecular weight is 478 g/mol. The largest absolute Gasteiger partial charge is 0.326 e. The Morgan fingerprint density at radius 1 is 1.19 bits per heavy atom. The molecule has 8 nitrogen and oxygen atoms in total. The Morgan fingerprint density at radius 3 is 2.56 bits per heavy atom. The van der Waals surface area contributed by atoms with Crippen LogP contribution in [0, 0.1) is 10.5 Å². The molecule has 0 saturated carbocycles. The highest BCUT2D eigenvalue weighted by Crippen LogP contribution is 2.16. The van der Waals surface area contributed by atoms with Gasteiger partial charge in [0, 0.05) is 36.7 Å². The maximum atomic E-state index is 12.2. The number of aromatic nitrogens is 4. The van der Waals surface area contributed by atoms with Crippen molar-refractivity contribution in [1.29, 1.82) is 0 Å². The van der Waals surface area contributed by atoms with Gasteiger partial charge < -0.3 is 10.6 Å². The second-order valence-corrected chi connectivity index (χ2v) is 7.17. The lowest BCUT2D eigenvalue weighted by Crippen LogP contribution is -2.16. The number of hydrogen-bond donors (Lipinski definition) is 2. The van der Waals surface area contributed by atoms with Crippen molar-refractivity contribution in [1.82, 2.24) is 19.6 Å². The van der Waals surface area contributed by atoms with Gasteiger partial charge in [0.05, 0.1) is 16.3 Å². The summed E-state index contributed by atoms with van der Waals surface area (Å²) in [7, 11) is 1.75. The number of nitrogens with zero attached hydrogens (tertiary/aromatic N) is 4. The molecule has 2 aromatic heterocycles. The molecule has 0 aliphatic heterocycles. The Balaban J connectivity index is 1.57. The Kier molecular flexibility index (Phi) is 5.89. The number of rotatable bonds is 6. The van der Waals surface area contributed by atoms with Gasteiger partial charge in [0.15, 0.2) is 5.69 Å². The minimum absolute atomic E-state index is 0.117. The first kappa shape index (κ1) is 19.1. The monoisotopic (exact) mass is 478 g/mol. The van der Waals surface area contributed by atoms with Gasteiger partial charge in [0.1, 0.15) is 0 Å². The molecule has 0 fully saturated rings. The number of carbonyl (C=O) groups is 2. The molecule has 2 amide bonds. The number of carbonyl (C=O) groups excluding carboxylic acids is 2. The molecule has 9 heteroatoms. The number of amides is 2. The van der Waals surface area contributed by atoms with Crippen LogP contribution in [0.4, 0.5) is 11.4 Å². The van der Waals surface area contributed by atoms with Gasteiger partial charge >= 0.3 is 0 Å². The summed E-state index contributed by atoms with van der Waals surface area (Å²) in [5.74, 6) is -0.420. The predicted molar refractivity (Wildman–Crippen MR) is 111 cm³/mol. The van der Waals surface area contributed by atoms with Crippen LogP contribution in [0.25, 0.3) is 0 Å². The number of nitrogens with one attached hydrogen (secondary N) is 2. The zero-order valence-corrected chi connectivity index (χ0v) is 17.1. The molecular formula is C18H19IN6O2. The van der Waals surface area contributed by atoms with Crippen LogP contribution in [-0.2, 0) is 18.4 Å². The fourth-order valence-electron chi connectivity index (χ4n) is 2.49. The SMILES string of the molecule is Cc1c(I)cnn1CCC(=O)Nc1cccc(NC(=O)c2ccn(C)n2)c1. The smallest absolute Gasteiger partial charge is 0.276 e. The van der Waals surface area contributed by atoms with E-state index >= 15 is 0 Å². The van der Waals surface area contributed by atoms with Gasteiger partial charge in [-0.2, -0.15) is 10.2 Å². The van der Waals surface area contributed by atoms with Gasteiger partial charge in [0.25, 0.3) is 5.91 Å². The lowest BCUT2D eigenvalue weighted by molar-refractivity contribution is -0.116. The fourth-order valence-corrected chi connectivity index (χ4v) is 2.89. The van der Waals surface area contributed by atoms with Crippen molar-refractivity contribution in [2.45, 2.75) is 19.9 Å². The van der Waals surface area contributed by atoms with E-state index in [1.54, 1.807) is 54.5 Å². The van der Waals surface area contributed by atoms with E-state index in [0.29, 0.717) is 30.0 Å². The molecule has 1 aromatic carbocycles. The van der Waals surface area contributed by atoms with E-state index in [0.717, 1.165) is 9.26 Å². The highest BCUT2D eigenvalue weighted by Gasteiger charge is 2.10. The van der Waals surface area contributed by atoms with Crippen molar-refractivity contribution in [3.05, 3.63) is 57.7 Å². The van der Waals surface area contributed by atoms with Crippen LogP contribution in [0.1, 0.15) is 22.6 Å². The second-order valence-electron chi connectivity index (χ2n) is 6.01. The van der Waals surface area contributed by atoms with Gasteiger partial charge in [-0.25, -0.2) is 0 Å². The first-order chi connectivity index (χ1) is 12.9. The van der Waals surface area contributed by atoms with Crippen LogP contribution in [0.2, 0.25) is 0 Å². The van der Waals surface area contributed by atoms with Gasteiger partial charge in [-0.15, -0.1) is 0 Å². The summed E-state index contributed by atoms with van der Waals surface area (Å²) < 4.78 is 4.45. The molecule has 27 heavy (non-hydrogen) atoms. The van der Waals surface area contributed by atoms with E-state index in [9.17, 15) is 9.59 Å². The molecule has 0 aliphatic carbocycles. The van der Waals surface area contributed by atoms with Crippen molar-refractivity contribution in [2.24, 2.45) is 7.05 Å². The summed E-state index contributed by atoms with van der Waals surface area (Å²) in [5.41, 5.74) is 2.57. The molecule has 0 atom stereocenters. The maximum absolute atomic E-state index is 12.2. The Bertz CT molecular complexity index is 978. The molecule has 0 radical (unpaired) electrons. The summed E-state index contributed by atoms with van der Waals surface area (Å²) in [4.78, 5) is 24.4.